The third-order valence-corrected chi connectivity index (χ3v) is 6.69. The summed E-state index contributed by atoms with van der Waals surface area (Å²) in [6.07, 6.45) is 8.32. The lowest BCUT2D eigenvalue weighted by Crippen LogP contribution is -2.40. The van der Waals surface area contributed by atoms with Crippen molar-refractivity contribution in [2.24, 2.45) is 17.8 Å². The van der Waals surface area contributed by atoms with Crippen molar-refractivity contribution in [2.45, 2.75) is 70.3 Å². The molecule has 2 fully saturated rings. The number of ketones is 1. The van der Waals surface area contributed by atoms with E-state index in [0.717, 1.165) is 44.2 Å². The van der Waals surface area contributed by atoms with E-state index in [2.05, 4.69) is 21.7 Å². The second kappa shape index (κ2) is 9.03. The van der Waals surface area contributed by atoms with Crippen LogP contribution in [0.25, 0.3) is 0 Å². The summed E-state index contributed by atoms with van der Waals surface area (Å²) in [6.45, 7) is 0.620. The molecule has 3 unspecified atom stereocenters. The van der Waals surface area contributed by atoms with Gasteiger partial charge in [-0.15, -0.1) is 0 Å². The Balaban J connectivity index is 1.39. The van der Waals surface area contributed by atoms with Gasteiger partial charge in [0.15, 0.2) is 5.78 Å². The van der Waals surface area contributed by atoms with Crippen molar-refractivity contribution < 1.29 is 14.4 Å². The van der Waals surface area contributed by atoms with Crippen LogP contribution in [0.15, 0.2) is 6.07 Å². The van der Waals surface area contributed by atoms with Gasteiger partial charge in [-0.2, -0.15) is 5.26 Å². The summed E-state index contributed by atoms with van der Waals surface area (Å²) in [5.74, 6) is -0.496. The molecule has 2 aliphatic carbocycles. The number of fused-ring (bicyclic) bond motifs is 1. The first-order valence-electron chi connectivity index (χ1n) is 11.2. The minimum Gasteiger partial charge on any atom is -0.356 e. The van der Waals surface area contributed by atoms with Gasteiger partial charge in [-0.1, -0.05) is 12.8 Å². The number of carbonyl (C=O) groups is 3. The number of carbonyl (C=O) groups excluding carboxylic acids is 3. The van der Waals surface area contributed by atoms with Crippen LogP contribution in [0.5, 0.6) is 0 Å². The number of nitrogens with zero attached hydrogens (tertiary/aromatic N) is 1. The fourth-order valence-electron chi connectivity index (χ4n) is 4.71. The van der Waals surface area contributed by atoms with Gasteiger partial charge < -0.3 is 15.6 Å². The van der Waals surface area contributed by atoms with Crippen LogP contribution in [-0.2, 0) is 22.4 Å². The van der Waals surface area contributed by atoms with Crippen molar-refractivity contribution in [1.29, 1.82) is 5.26 Å². The first-order valence-corrected chi connectivity index (χ1v) is 11.2. The minimum absolute atomic E-state index is 0.0334. The second-order valence-corrected chi connectivity index (χ2v) is 9.10. The Morgan fingerprint density at radius 2 is 2.00 bits per heavy atom. The molecule has 0 bridgehead atoms. The van der Waals surface area contributed by atoms with E-state index in [1.54, 1.807) is 0 Å². The summed E-state index contributed by atoms with van der Waals surface area (Å²) >= 11 is 0. The molecular weight excluding hydrogens is 380 g/mol. The molecule has 3 atom stereocenters. The lowest BCUT2D eigenvalue weighted by atomic mass is 9.92. The van der Waals surface area contributed by atoms with Gasteiger partial charge in [-0.3, -0.25) is 14.4 Å². The van der Waals surface area contributed by atoms with E-state index >= 15 is 0 Å². The van der Waals surface area contributed by atoms with Crippen molar-refractivity contribution in [1.82, 2.24) is 15.6 Å². The maximum absolute atomic E-state index is 13.0. The average Bonchev–Trinajstić information content (AvgIpc) is 3.30. The zero-order valence-corrected chi connectivity index (χ0v) is 17.3. The standard InChI is InChI=1S/C23H30N4O3/c24-13-18(10-16-7-8-25-22(16)29)26-23(30)17(9-14-5-6-14)12-21(28)20-11-15-3-1-2-4-19(15)27-20/h11,14,16-18,27H,1-10,12H2,(H,25,29)(H,26,30). The maximum Gasteiger partial charge on any atom is 0.224 e. The van der Waals surface area contributed by atoms with Crippen LogP contribution in [0.3, 0.4) is 0 Å². The molecule has 0 spiro atoms. The topological polar surface area (TPSA) is 115 Å². The Hall–Kier alpha value is -2.62. The third-order valence-electron chi connectivity index (χ3n) is 6.69. The second-order valence-electron chi connectivity index (χ2n) is 9.10. The molecule has 2 heterocycles. The molecule has 1 aromatic heterocycles. The zero-order valence-electron chi connectivity index (χ0n) is 17.3. The molecular formula is C23H30N4O3. The van der Waals surface area contributed by atoms with Crippen LogP contribution in [0.1, 0.15) is 73.1 Å². The van der Waals surface area contributed by atoms with Crippen molar-refractivity contribution in [2.75, 3.05) is 6.54 Å². The highest BCUT2D eigenvalue weighted by molar-refractivity contribution is 5.97. The lowest BCUT2D eigenvalue weighted by molar-refractivity contribution is -0.127. The average molecular weight is 411 g/mol. The number of aromatic amines is 1. The predicted molar refractivity (Wildman–Crippen MR) is 110 cm³/mol. The number of aromatic nitrogens is 1. The molecule has 7 heteroatoms. The minimum atomic E-state index is -0.707. The molecule has 4 rings (SSSR count). The number of Topliss-reactive ketones (excluding diaryl/α,β-unsaturated/α-hetero) is 1. The number of aryl methyl sites for hydroxylation is 2. The van der Waals surface area contributed by atoms with Gasteiger partial charge in [0.25, 0.3) is 0 Å². The van der Waals surface area contributed by atoms with Crippen LogP contribution in [0.2, 0.25) is 0 Å². The van der Waals surface area contributed by atoms with Crippen LogP contribution in [0, 0.1) is 29.1 Å². The van der Waals surface area contributed by atoms with Gasteiger partial charge in [0.1, 0.15) is 6.04 Å². The molecule has 2 amide bonds. The molecule has 30 heavy (non-hydrogen) atoms. The van der Waals surface area contributed by atoms with Crippen molar-refractivity contribution in [3.05, 3.63) is 23.0 Å². The number of rotatable bonds is 9. The summed E-state index contributed by atoms with van der Waals surface area (Å²) in [6, 6.07) is 3.37. The summed E-state index contributed by atoms with van der Waals surface area (Å²) in [5, 5.41) is 15.1. The molecule has 1 aliphatic heterocycles. The van der Waals surface area contributed by atoms with E-state index in [1.165, 1.54) is 5.56 Å². The van der Waals surface area contributed by atoms with Crippen molar-refractivity contribution in [3.8, 4) is 6.07 Å². The molecule has 0 aromatic carbocycles. The van der Waals surface area contributed by atoms with Gasteiger partial charge in [-0.25, -0.2) is 0 Å². The Kier molecular flexibility index (Phi) is 6.21. The summed E-state index contributed by atoms with van der Waals surface area (Å²) in [5.41, 5.74) is 2.99. The van der Waals surface area contributed by atoms with Gasteiger partial charge in [0.2, 0.25) is 11.8 Å². The number of H-pyrrole nitrogens is 1. The largest absolute Gasteiger partial charge is 0.356 e. The van der Waals surface area contributed by atoms with Crippen LogP contribution < -0.4 is 10.6 Å². The Labute approximate surface area is 177 Å². The maximum atomic E-state index is 13.0. The quantitative estimate of drug-likeness (QED) is 0.542. The molecule has 3 N–H and O–H groups in total. The molecule has 0 radical (unpaired) electrons. The van der Waals surface area contributed by atoms with E-state index in [-0.39, 0.29) is 29.9 Å². The van der Waals surface area contributed by atoms with E-state index in [9.17, 15) is 19.6 Å². The highest BCUT2D eigenvalue weighted by Crippen LogP contribution is 2.37. The fourth-order valence-corrected chi connectivity index (χ4v) is 4.71. The number of nitrogens with one attached hydrogen (secondary N) is 3. The molecule has 1 saturated heterocycles. The first kappa shape index (κ1) is 20.6. The van der Waals surface area contributed by atoms with Crippen LogP contribution in [0.4, 0.5) is 0 Å². The fraction of sp³-hybridized carbons (Fsp3) is 0.652. The Morgan fingerprint density at radius 3 is 2.67 bits per heavy atom. The molecule has 160 valence electrons. The van der Waals surface area contributed by atoms with Crippen molar-refractivity contribution in [3.63, 3.8) is 0 Å². The van der Waals surface area contributed by atoms with Gasteiger partial charge in [0, 0.05) is 30.5 Å². The Morgan fingerprint density at radius 1 is 1.20 bits per heavy atom. The smallest absolute Gasteiger partial charge is 0.224 e. The van der Waals surface area contributed by atoms with Crippen LogP contribution >= 0.6 is 0 Å². The highest BCUT2D eigenvalue weighted by atomic mass is 16.2. The molecule has 1 aromatic rings. The number of hydrogen-bond acceptors (Lipinski definition) is 4. The zero-order chi connectivity index (χ0) is 21.1. The van der Waals surface area contributed by atoms with Gasteiger partial charge in [0.05, 0.1) is 11.8 Å². The molecule has 3 aliphatic rings. The van der Waals surface area contributed by atoms with Crippen molar-refractivity contribution >= 4 is 17.6 Å². The number of nitriles is 1. The SMILES string of the molecule is N#CC(CC1CCNC1=O)NC(=O)C(CC(=O)c1cc2c([nH]1)CCCC2)CC1CC1. The van der Waals surface area contributed by atoms with E-state index < -0.39 is 12.0 Å². The van der Waals surface area contributed by atoms with Crippen LogP contribution in [-0.4, -0.2) is 35.2 Å². The number of amides is 2. The summed E-state index contributed by atoms with van der Waals surface area (Å²) in [4.78, 5) is 41.0. The summed E-state index contributed by atoms with van der Waals surface area (Å²) in [7, 11) is 0. The predicted octanol–water partition coefficient (Wildman–Crippen LogP) is 2.42. The highest BCUT2D eigenvalue weighted by Gasteiger charge is 2.34. The van der Waals surface area contributed by atoms with Gasteiger partial charge >= 0.3 is 0 Å². The molecule has 1 saturated carbocycles. The van der Waals surface area contributed by atoms with E-state index in [1.807, 2.05) is 6.07 Å². The monoisotopic (exact) mass is 410 g/mol. The summed E-state index contributed by atoms with van der Waals surface area (Å²) < 4.78 is 0. The Bertz CT molecular complexity index is 841. The van der Waals surface area contributed by atoms with E-state index in [4.69, 9.17) is 0 Å². The third kappa shape index (κ3) is 4.92. The van der Waals surface area contributed by atoms with E-state index in [0.29, 0.717) is 37.4 Å². The molecule has 7 nitrogen and oxygen atoms in total. The first-order chi connectivity index (χ1) is 14.5. The normalized spacial score (nSPS) is 22.5. The van der Waals surface area contributed by atoms with Gasteiger partial charge in [-0.05, 0) is 62.5 Å². The number of hydrogen-bond donors (Lipinski definition) is 3. The lowest BCUT2D eigenvalue weighted by Gasteiger charge is -2.20.